The maximum Gasteiger partial charge on any atom is 0.315 e. The van der Waals surface area contributed by atoms with Crippen molar-refractivity contribution >= 4 is 6.03 Å². The van der Waals surface area contributed by atoms with Gasteiger partial charge in [-0.3, -0.25) is 0 Å². The first-order valence-electron chi connectivity index (χ1n) is 5.56. The number of urea groups is 1. The largest absolute Gasteiger partial charge is 0.396 e. The zero-order valence-corrected chi connectivity index (χ0v) is 10.4. The number of carbonyl (C=O) groups excluding carboxylic acids is 1. The highest BCUT2D eigenvalue weighted by Gasteiger charge is 2.15. The van der Waals surface area contributed by atoms with Gasteiger partial charge < -0.3 is 15.7 Å². The highest BCUT2D eigenvalue weighted by molar-refractivity contribution is 5.74. The molecular weight excluding hydrogens is 192 g/mol. The number of nitrogens with one attached hydrogen (secondary N) is 2. The van der Waals surface area contributed by atoms with Crippen LogP contribution in [-0.2, 0) is 0 Å². The summed E-state index contributed by atoms with van der Waals surface area (Å²) < 4.78 is 0. The maximum absolute atomic E-state index is 11.5. The molecule has 4 nitrogen and oxygen atoms in total. The van der Waals surface area contributed by atoms with E-state index in [0.29, 0.717) is 5.92 Å². The summed E-state index contributed by atoms with van der Waals surface area (Å²) in [6.07, 6.45) is 0. The van der Waals surface area contributed by atoms with Crippen LogP contribution in [0.1, 0.15) is 34.6 Å². The molecule has 0 rings (SSSR count). The van der Waals surface area contributed by atoms with E-state index >= 15 is 0 Å². The molecule has 0 spiro atoms. The van der Waals surface area contributed by atoms with Crippen LogP contribution >= 0.6 is 0 Å². The lowest BCUT2D eigenvalue weighted by molar-refractivity contribution is 0.198. The van der Waals surface area contributed by atoms with Crippen molar-refractivity contribution in [3.63, 3.8) is 0 Å². The molecule has 0 saturated heterocycles. The van der Waals surface area contributed by atoms with Gasteiger partial charge in [-0.1, -0.05) is 20.8 Å². The first-order valence-corrected chi connectivity index (χ1v) is 5.56. The molecule has 3 atom stereocenters. The first kappa shape index (κ1) is 14.2. The van der Waals surface area contributed by atoms with Crippen LogP contribution in [0.2, 0.25) is 0 Å². The molecule has 0 aliphatic heterocycles. The van der Waals surface area contributed by atoms with Crippen molar-refractivity contribution in [3.05, 3.63) is 0 Å². The Bertz CT molecular complexity index is 195. The summed E-state index contributed by atoms with van der Waals surface area (Å²) in [6.45, 7) is 9.97. The van der Waals surface area contributed by atoms with Gasteiger partial charge in [0.1, 0.15) is 0 Å². The van der Waals surface area contributed by atoms with Crippen LogP contribution in [0, 0.1) is 11.8 Å². The van der Waals surface area contributed by atoms with Crippen LogP contribution in [0.25, 0.3) is 0 Å². The number of rotatable bonds is 5. The molecule has 0 heterocycles. The summed E-state index contributed by atoms with van der Waals surface area (Å²) in [6, 6.07) is -0.0278. The quantitative estimate of drug-likeness (QED) is 0.649. The van der Waals surface area contributed by atoms with Crippen molar-refractivity contribution in [1.29, 1.82) is 0 Å². The molecule has 2 amide bonds. The van der Waals surface area contributed by atoms with E-state index in [4.69, 9.17) is 5.11 Å². The predicted molar refractivity (Wildman–Crippen MR) is 61.7 cm³/mol. The number of amides is 2. The highest BCUT2D eigenvalue weighted by Crippen LogP contribution is 2.02. The molecule has 90 valence electrons. The zero-order valence-electron chi connectivity index (χ0n) is 10.4. The third kappa shape index (κ3) is 5.62. The van der Waals surface area contributed by atoms with E-state index < -0.39 is 0 Å². The Hall–Kier alpha value is -0.770. The van der Waals surface area contributed by atoms with Crippen molar-refractivity contribution in [2.45, 2.75) is 46.7 Å². The molecule has 0 fully saturated rings. The van der Waals surface area contributed by atoms with Gasteiger partial charge in [-0.15, -0.1) is 0 Å². The Kier molecular flexibility index (Phi) is 6.32. The summed E-state index contributed by atoms with van der Waals surface area (Å²) in [5.41, 5.74) is 0. The number of carbonyl (C=O) groups is 1. The SMILES string of the molecule is CC(C)C(C)NC(=O)NC(C)C(C)CO. The molecule has 0 bridgehead atoms. The van der Waals surface area contributed by atoms with Gasteiger partial charge in [0, 0.05) is 18.7 Å². The molecular formula is C11H24N2O2. The minimum absolute atomic E-state index is 0.0191. The lowest BCUT2D eigenvalue weighted by atomic mass is 10.1. The van der Waals surface area contributed by atoms with Gasteiger partial charge >= 0.3 is 6.03 Å². The Morgan fingerprint density at radius 3 is 1.93 bits per heavy atom. The van der Waals surface area contributed by atoms with Gasteiger partial charge in [-0.05, 0) is 25.7 Å². The summed E-state index contributed by atoms with van der Waals surface area (Å²) >= 11 is 0. The predicted octanol–water partition coefficient (Wildman–Crippen LogP) is 1.35. The molecule has 0 aromatic rings. The van der Waals surface area contributed by atoms with Crippen LogP contribution < -0.4 is 10.6 Å². The van der Waals surface area contributed by atoms with E-state index in [1.807, 2.05) is 20.8 Å². The number of hydrogen-bond donors (Lipinski definition) is 3. The van der Waals surface area contributed by atoms with Crippen molar-refractivity contribution in [2.75, 3.05) is 6.61 Å². The molecule has 0 aliphatic carbocycles. The first-order chi connectivity index (χ1) is 6.88. The fourth-order valence-corrected chi connectivity index (χ4v) is 0.922. The Morgan fingerprint density at radius 1 is 1.07 bits per heavy atom. The van der Waals surface area contributed by atoms with E-state index in [9.17, 15) is 4.79 Å². The van der Waals surface area contributed by atoms with Crippen LogP contribution in [-0.4, -0.2) is 29.8 Å². The van der Waals surface area contributed by atoms with Gasteiger partial charge in [0.2, 0.25) is 0 Å². The van der Waals surface area contributed by atoms with Crippen molar-refractivity contribution in [3.8, 4) is 0 Å². The van der Waals surface area contributed by atoms with Gasteiger partial charge in [-0.2, -0.15) is 0 Å². The average Bonchev–Trinajstić information content (AvgIpc) is 2.15. The smallest absolute Gasteiger partial charge is 0.315 e. The number of aliphatic hydroxyl groups is 1. The minimum atomic E-state index is -0.163. The second-order valence-corrected chi connectivity index (χ2v) is 4.60. The average molecular weight is 216 g/mol. The molecule has 0 aromatic carbocycles. The lowest BCUT2D eigenvalue weighted by Gasteiger charge is -2.22. The highest BCUT2D eigenvalue weighted by atomic mass is 16.3. The van der Waals surface area contributed by atoms with Crippen molar-refractivity contribution in [1.82, 2.24) is 10.6 Å². The number of aliphatic hydroxyl groups excluding tert-OH is 1. The second-order valence-electron chi connectivity index (χ2n) is 4.60. The Labute approximate surface area is 92.4 Å². The van der Waals surface area contributed by atoms with E-state index in [2.05, 4.69) is 24.5 Å². The summed E-state index contributed by atoms with van der Waals surface area (Å²) in [4.78, 5) is 11.5. The van der Waals surface area contributed by atoms with Crippen LogP contribution in [0.5, 0.6) is 0 Å². The second kappa shape index (κ2) is 6.67. The molecule has 0 radical (unpaired) electrons. The molecule has 0 aliphatic rings. The maximum atomic E-state index is 11.5. The van der Waals surface area contributed by atoms with Crippen molar-refractivity contribution < 1.29 is 9.90 Å². The topological polar surface area (TPSA) is 61.4 Å². The van der Waals surface area contributed by atoms with Gasteiger partial charge in [0.15, 0.2) is 0 Å². The van der Waals surface area contributed by atoms with E-state index in [1.165, 1.54) is 0 Å². The number of hydrogen-bond acceptors (Lipinski definition) is 2. The Morgan fingerprint density at radius 2 is 1.53 bits per heavy atom. The normalized spacial score (nSPS) is 17.0. The molecule has 4 heteroatoms. The van der Waals surface area contributed by atoms with Gasteiger partial charge in [0.05, 0.1) is 0 Å². The van der Waals surface area contributed by atoms with Crippen LogP contribution in [0.15, 0.2) is 0 Å². The monoisotopic (exact) mass is 216 g/mol. The van der Waals surface area contributed by atoms with Crippen molar-refractivity contribution in [2.24, 2.45) is 11.8 Å². The summed E-state index contributed by atoms with van der Waals surface area (Å²) in [7, 11) is 0. The van der Waals surface area contributed by atoms with E-state index in [-0.39, 0.29) is 30.6 Å². The Balaban J connectivity index is 3.93. The van der Waals surface area contributed by atoms with Gasteiger partial charge in [0.25, 0.3) is 0 Å². The minimum Gasteiger partial charge on any atom is -0.396 e. The molecule has 0 aromatic heterocycles. The molecule has 3 unspecified atom stereocenters. The molecule has 3 N–H and O–H groups in total. The van der Waals surface area contributed by atoms with E-state index in [1.54, 1.807) is 0 Å². The molecule has 15 heavy (non-hydrogen) atoms. The van der Waals surface area contributed by atoms with E-state index in [0.717, 1.165) is 0 Å². The zero-order chi connectivity index (χ0) is 12.0. The lowest BCUT2D eigenvalue weighted by Crippen LogP contribution is -2.48. The third-order valence-electron chi connectivity index (χ3n) is 2.86. The third-order valence-corrected chi connectivity index (χ3v) is 2.86. The summed E-state index contributed by atoms with van der Waals surface area (Å²) in [5.74, 6) is 0.492. The summed E-state index contributed by atoms with van der Waals surface area (Å²) in [5, 5.41) is 14.6. The standard InChI is InChI=1S/C11H24N2O2/c1-7(2)9(4)12-11(15)13-10(5)8(3)6-14/h7-10,14H,6H2,1-5H3,(H2,12,13,15). The van der Waals surface area contributed by atoms with Crippen LogP contribution in [0.3, 0.4) is 0 Å². The molecule has 0 saturated carbocycles. The van der Waals surface area contributed by atoms with Crippen LogP contribution in [0.4, 0.5) is 4.79 Å². The fraction of sp³-hybridized carbons (Fsp3) is 0.909. The van der Waals surface area contributed by atoms with Gasteiger partial charge in [-0.25, -0.2) is 4.79 Å². The fourth-order valence-electron chi connectivity index (χ4n) is 0.922.